The maximum atomic E-state index is 11.6. The van der Waals surface area contributed by atoms with Crippen LogP contribution in [0.1, 0.15) is 16.1 Å². The Morgan fingerprint density at radius 3 is 2.44 bits per heavy atom. The molecule has 88 valence electrons. The Balaban J connectivity index is 2.56. The lowest BCUT2D eigenvalue weighted by Crippen LogP contribution is -2.22. The summed E-state index contributed by atoms with van der Waals surface area (Å²) in [6, 6.07) is 10.3. The molecule has 1 heterocycles. The fourth-order valence-electron chi connectivity index (χ4n) is 1.39. The number of nitrogens with zero attached hydrogens (tertiary/aromatic N) is 3. The third kappa shape index (κ3) is 2.10. The molecule has 1 aromatic heterocycles. The van der Waals surface area contributed by atoms with Gasteiger partial charge >= 0.3 is 5.97 Å². The molecule has 6 nitrogen and oxygen atoms in total. The zero-order valence-corrected chi connectivity index (χ0v) is 9.07. The SMILES string of the molecule is N#Cc1ccc(-n2nc(C(=O)O)ccc2=O)cc1. The van der Waals surface area contributed by atoms with Crippen LogP contribution in [0.15, 0.2) is 41.2 Å². The Morgan fingerprint density at radius 1 is 1.22 bits per heavy atom. The van der Waals surface area contributed by atoms with Crippen molar-refractivity contribution in [1.82, 2.24) is 9.78 Å². The van der Waals surface area contributed by atoms with E-state index in [1.807, 2.05) is 6.07 Å². The van der Waals surface area contributed by atoms with E-state index in [1.165, 1.54) is 24.3 Å². The predicted molar refractivity (Wildman–Crippen MR) is 61.5 cm³/mol. The second-order valence-corrected chi connectivity index (χ2v) is 3.43. The van der Waals surface area contributed by atoms with Gasteiger partial charge in [-0.15, -0.1) is 0 Å². The Bertz CT molecular complexity index is 696. The summed E-state index contributed by atoms with van der Waals surface area (Å²) in [6.45, 7) is 0. The molecule has 0 radical (unpaired) electrons. The fraction of sp³-hybridized carbons (Fsp3) is 0. The summed E-state index contributed by atoms with van der Waals surface area (Å²) in [6.07, 6.45) is 0. The minimum atomic E-state index is -1.21. The van der Waals surface area contributed by atoms with E-state index in [1.54, 1.807) is 0 Å². The Hall–Kier alpha value is -2.94. The van der Waals surface area contributed by atoms with E-state index in [4.69, 9.17) is 10.4 Å². The third-order valence-corrected chi connectivity index (χ3v) is 2.26. The molecule has 0 atom stereocenters. The summed E-state index contributed by atoms with van der Waals surface area (Å²) < 4.78 is 0.977. The van der Waals surface area contributed by atoms with Crippen LogP contribution < -0.4 is 5.56 Å². The van der Waals surface area contributed by atoms with Gasteiger partial charge in [-0.05, 0) is 30.3 Å². The molecule has 0 aliphatic carbocycles. The molecule has 1 N–H and O–H groups in total. The number of benzene rings is 1. The van der Waals surface area contributed by atoms with E-state index >= 15 is 0 Å². The van der Waals surface area contributed by atoms with Crippen molar-refractivity contribution in [2.45, 2.75) is 0 Å². The highest BCUT2D eigenvalue weighted by Crippen LogP contribution is 2.06. The van der Waals surface area contributed by atoms with Gasteiger partial charge in [0.1, 0.15) is 0 Å². The highest BCUT2D eigenvalue weighted by Gasteiger charge is 2.08. The predicted octanol–water partition coefficient (Wildman–Crippen LogP) is 0.802. The second-order valence-electron chi connectivity index (χ2n) is 3.43. The van der Waals surface area contributed by atoms with Crippen LogP contribution in [0.2, 0.25) is 0 Å². The highest BCUT2D eigenvalue weighted by molar-refractivity contribution is 5.84. The average molecular weight is 241 g/mol. The van der Waals surface area contributed by atoms with Crippen molar-refractivity contribution in [3.63, 3.8) is 0 Å². The van der Waals surface area contributed by atoms with Crippen molar-refractivity contribution in [2.75, 3.05) is 0 Å². The molecule has 0 spiro atoms. The molecule has 0 aliphatic rings. The quantitative estimate of drug-likeness (QED) is 0.838. The van der Waals surface area contributed by atoms with Crippen molar-refractivity contribution in [3.05, 3.63) is 58.0 Å². The van der Waals surface area contributed by atoms with Gasteiger partial charge in [0.25, 0.3) is 5.56 Å². The number of aromatic nitrogens is 2. The molecule has 2 aromatic rings. The molecule has 2 rings (SSSR count). The minimum absolute atomic E-state index is 0.223. The molecular weight excluding hydrogens is 234 g/mol. The number of rotatable bonds is 2. The molecule has 6 heteroatoms. The Labute approximate surface area is 101 Å². The Morgan fingerprint density at radius 2 is 1.89 bits per heavy atom. The normalized spacial score (nSPS) is 9.72. The summed E-state index contributed by atoms with van der Waals surface area (Å²) in [5.74, 6) is -1.21. The maximum absolute atomic E-state index is 11.6. The van der Waals surface area contributed by atoms with Crippen molar-refractivity contribution in [2.24, 2.45) is 0 Å². The molecule has 0 saturated carbocycles. The second kappa shape index (κ2) is 4.51. The summed E-state index contributed by atoms with van der Waals surface area (Å²) in [5, 5.41) is 21.2. The molecular formula is C12H7N3O3. The van der Waals surface area contributed by atoms with Crippen molar-refractivity contribution >= 4 is 5.97 Å². The topological polar surface area (TPSA) is 96.0 Å². The zero-order chi connectivity index (χ0) is 13.1. The summed E-state index contributed by atoms with van der Waals surface area (Å²) in [5.41, 5.74) is 0.187. The van der Waals surface area contributed by atoms with Crippen LogP contribution in [0.25, 0.3) is 5.69 Å². The van der Waals surface area contributed by atoms with Gasteiger partial charge in [-0.1, -0.05) is 0 Å². The summed E-state index contributed by atoms with van der Waals surface area (Å²) in [4.78, 5) is 22.4. The molecule has 0 fully saturated rings. The maximum Gasteiger partial charge on any atom is 0.356 e. The number of carboxylic acids is 1. The van der Waals surface area contributed by atoms with E-state index in [0.29, 0.717) is 11.3 Å². The molecule has 0 amide bonds. The van der Waals surface area contributed by atoms with Gasteiger partial charge < -0.3 is 5.11 Å². The number of hydrogen-bond donors (Lipinski definition) is 1. The minimum Gasteiger partial charge on any atom is -0.476 e. The summed E-state index contributed by atoms with van der Waals surface area (Å²) in [7, 11) is 0. The van der Waals surface area contributed by atoms with Crippen molar-refractivity contribution < 1.29 is 9.90 Å². The van der Waals surface area contributed by atoms with Gasteiger partial charge in [0.2, 0.25) is 0 Å². The first-order valence-corrected chi connectivity index (χ1v) is 4.96. The lowest BCUT2D eigenvalue weighted by atomic mass is 10.2. The van der Waals surface area contributed by atoms with E-state index < -0.39 is 11.5 Å². The van der Waals surface area contributed by atoms with Crippen molar-refractivity contribution in [3.8, 4) is 11.8 Å². The third-order valence-electron chi connectivity index (χ3n) is 2.26. The van der Waals surface area contributed by atoms with Crippen molar-refractivity contribution in [1.29, 1.82) is 5.26 Å². The van der Waals surface area contributed by atoms with Crippen LogP contribution in [0.3, 0.4) is 0 Å². The lowest BCUT2D eigenvalue weighted by Gasteiger charge is -2.04. The van der Waals surface area contributed by atoms with Gasteiger partial charge in [-0.25, -0.2) is 4.79 Å². The van der Waals surface area contributed by atoms with Gasteiger partial charge in [0.15, 0.2) is 5.69 Å². The van der Waals surface area contributed by atoms with Gasteiger partial charge in [0.05, 0.1) is 17.3 Å². The molecule has 0 bridgehead atoms. The number of carbonyl (C=O) groups is 1. The van der Waals surface area contributed by atoms with Crippen LogP contribution in [0.4, 0.5) is 0 Å². The number of hydrogen-bond acceptors (Lipinski definition) is 4. The van der Waals surface area contributed by atoms with E-state index in [-0.39, 0.29) is 5.69 Å². The van der Waals surface area contributed by atoms with E-state index in [2.05, 4.69) is 5.10 Å². The van der Waals surface area contributed by atoms with Crippen LogP contribution >= 0.6 is 0 Å². The zero-order valence-electron chi connectivity index (χ0n) is 9.07. The van der Waals surface area contributed by atoms with Crippen LogP contribution in [0.5, 0.6) is 0 Å². The summed E-state index contributed by atoms with van der Waals surface area (Å²) >= 11 is 0. The average Bonchev–Trinajstić information content (AvgIpc) is 2.39. The molecule has 0 saturated heterocycles. The molecule has 18 heavy (non-hydrogen) atoms. The van der Waals surface area contributed by atoms with Gasteiger partial charge in [-0.2, -0.15) is 15.0 Å². The van der Waals surface area contributed by atoms with E-state index in [9.17, 15) is 9.59 Å². The standard InChI is InChI=1S/C12H7N3O3/c13-7-8-1-3-9(4-2-8)15-11(16)6-5-10(14-15)12(17)18/h1-6H,(H,17,18). The Kier molecular flexibility index (Phi) is 2.89. The van der Waals surface area contributed by atoms with Crippen LogP contribution in [-0.4, -0.2) is 20.9 Å². The lowest BCUT2D eigenvalue weighted by molar-refractivity contribution is 0.0688. The van der Waals surface area contributed by atoms with Gasteiger partial charge in [0, 0.05) is 6.07 Å². The first-order valence-electron chi connectivity index (χ1n) is 4.96. The van der Waals surface area contributed by atoms with Gasteiger partial charge in [-0.3, -0.25) is 4.79 Å². The van der Waals surface area contributed by atoms with Crippen LogP contribution in [-0.2, 0) is 0 Å². The van der Waals surface area contributed by atoms with E-state index in [0.717, 1.165) is 16.8 Å². The molecule has 0 aliphatic heterocycles. The smallest absolute Gasteiger partial charge is 0.356 e. The number of aromatic carboxylic acids is 1. The monoisotopic (exact) mass is 241 g/mol. The number of carboxylic acid groups (broad SMARTS) is 1. The first-order chi connectivity index (χ1) is 8.61. The highest BCUT2D eigenvalue weighted by atomic mass is 16.4. The molecule has 1 aromatic carbocycles. The largest absolute Gasteiger partial charge is 0.476 e. The first kappa shape index (κ1) is 11.5. The van der Waals surface area contributed by atoms with Crippen LogP contribution in [0, 0.1) is 11.3 Å². The fourth-order valence-corrected chi connectivity index (χ4v) is 1.39. The molecule has 0 unspecified atom stereocenters. The number of nitriles is 1.